The number of piperidine rings is 1. The number of benzene rings is 1. The third kappa shape index (κ3) is 3.83. The number of hydrogen-bond donors (Lipinski definition) is 1. The number of carbonyl (C=O) groups is 1. The molecule has 1 N–H and O–H groups in total. The molecule has 0 aromatic heterocycles. The summed E-state index contributed by atoms with van der Waals surface area (Å²) >= 11 is 0. The molecule has 0 bridgehead atoms. The lowest BCUT2D eigenvalue weighted by molar-refractivity contribution is -0.134. The first-order valence-corrected chi connectivity index (χ1v) is 11.3. The number of nitrogens with zero attached hydrogens (tertiary/aromatic N) is 2. The van der Waals surface area contributed by atoms with Crippen molar-refractivity contribution in [2.45, 2.75) is 50.2 Å². The molecule has 2 heterocycles. The summed E-state index contributed by atoms with van der Waals surface area (Å²) in [5.74, 6) is 0.258. The molecule has 1 aromatic rings. The van der Waals surface area contributed by atoms with E-state index in [-0.39, 0.29) is 17.9 Å². The predicted octanol–water partition coefficient (Wildman–Crippen LogP) is 1.58. The number of hydrogen-bond acceptors (Lipinski definition) is 5. The van der Waals surface area contributed by atoms with Gasteiger partial charge in [0.2, 0.25) is 15.9 Å². The quantitative estimate of drug-likeness (QED) is 0.772. The van der Waals surface area contributed by atoms with Crippen LogP contribution in [0.3, 0.4) is 0 Å². The highest BCUT2D eigenvalue weighted by Gasteiger charge is 2.52. The summed E-state index contributed by atoms with van der Waals surface area (Å²) < 4.78 is 32.7. The van der Waals surface area contributed by atoms with Gasteiger partial charge in [0.1, 0.15) is 0 Å². The van der Waals surface area contributed by atoms with Gasteiger partial charge in [-0.15, -0.1) is 0 Å². The molecule has 0 saturated carbocycles. The van der Waals surface area contributed by atoms with Crippen LogP contribution in [0, 0.1) is 12.8 Å². The van der Waals surface area contributed by atoms with E-state index in [9.17, 15) is 13.2 Å². The molecule has 1 atom stereocenters. The van der Waals surface area contributed by atoms with Gasteiger partial charge in [0, 0.05) is 26.7 Å². The number of ether oxygens (including phenoxy) is 1. The molecular formula is C20H31N3O4S. The number of sulfonamides is 1. The van der Waals surface area contributed by atoms with Crippen molar-refractivity contribution in [3.63, 3.8) is 0 Å². The summed E-state index contributed by atoms with van der Waals surface area (Å²) in [5.41, 5.74) is 0.530. The largest absolute Gasteiger partial charge is 0.383 e. The highest BCUT2D eigenvalue weighted by atomic mass is 32.2. The number of rotatable bonds is 6. The van der Waals surface area contributed by atoms with Crippen molar-refractivity contribution in [2.75, 3.05) is 33.4 Å². The Hall–Kier alpha value is -1.48. The van der Waals surface area contributed by atoms with Gasteiger partial charge < -0.3 is 9.64 Å². The molecule has 2 fully saturated rings. The first kappa shape index (κ1) is 21.2. The van der Waals surface area contributed by atoms with Crippen LogP contribution in [0.2, 0.25) is 0 Å². The molecule has 7 nitrogen and oxygen atoms in total. The number of aryl methyl sites for hydroxylation is 1. The normalized spacial score (nSPS) is 23.1. The standard InChI is InChI=1S/C20H31N3O4S/c1-15(2)18-19(24)23(13-14-27-4)20(21-18)9-11-22(12-10-20)28(25,26)17-7-5-16(3)6-8-17/h5-8,15,18,21H,9-14H2,1-4H3/t18-/m0/s1. The van der Waals surface area contributed by atoms with Crippen molar-refractivity contribution < 1.29 is 17.9 Å². The van der Waals surface area contributed by atoms with Crippen molar-refractivity contribution in [1.82, 2.24) is 14.5 Å². The van der Waals surface area contributed by atoms with Gasteiger partial charge in [-0.3, -0.25) is 10.1 Å². The fourth-order valence-electron chi connectivity index (χ4n) is 4.14. The summed E-state index contributed by atoms with van der Waals surface area (Å²) in [4.78, 5) is 15.1. The maximum Gasteiger partial charge on any atom is 0.243 e. The first-order valence-electron chi connectivity index (χ1n) is 9.86. The monoisotopic (exact) mass is 409 g/mol. The van der Waals surface area contributed by atoms with Gasteiger partial charge in [-0.1, -0.05) is 31.5 Å². The average molecular weight is 410 g/mol. The fraction of sp³-hybridized carbons (Fsp3) is 0.650. The van der Waals surface area contributed by atoms with Gasteiger partial charge in [0.05, 0.1) is 23.2 Å². The van der Waals surface area contributed by atoms with Crippen LogP contribution < -0.4 is 5.32 Å². The molecule has 2 aliphatic heterocycles. The Morgan fingerprint density at radius 2 is 1.82 bits per heavy atom. The van der Waals surface area contributed by atoms with Crippen molar-refractivity contribution in [1.29, 1.82) is 0 Å². The van der Waals surface area contributed by atoms with Gasteiger partial charge in [-0.05, 0) is 37.8 Å². The predicted molar refractivity (Wildman–Crippen MR) is 107 cm³/mol. The third-order valence-corrected chi connectivity index (χ3v) is 7.78. The Labute approximate surface area is 168 Å². The summed E-state index contributed by atoms with van der Waals surface area (Å²) in [5, 5.41) is 3.53. The minimum atomic E-state index is -3.53. The van der Waals surface area contributed by atoms with E-state index in [4.69, 9.17) is 4.74 Å². The maximum absolute atomic E-state index is 13.0. The van der Waals surface area contributed by atoms with Crippen molar-refractivity contribution >= 4 is 15.9 Å². The smallest absolute Gasteiger partial charge is 0.243 e. The zero-order chi connectivity index (χ0) is 20.5. The molecule has 2 aliphatic rings. The molecule has 8 heteroatoms. The van der Waals surface area contributed by atoms with Gasteiger partial charge >= 0.3 is 0 Å². The molecule has 28 heavy (non-hydrogen) atoms. The second-order valence-corrected chi connectivity index (χ2v) is 10.0. The molecule has 0 radical (unpaired) electrons. The van der Waals surface area contributed by atoms with E-state index in [1.165, 1.54) is 4.31 Å². The van der Waals surface area contributed by atoms with Crippen LogP contribution in [0.4, 0.5) is 0 Å². The van der Waals surface area contributed by atoms with Gasteiger partial charge in [-0.2, -0.15) is 4.31 Å². The Bertz CT molecular complexity index is 799. The summed E-state index contributed by atoms with van der Waals surface area (Å²) in [6.45, 7) is 7.72. The minimum absolute atomic E-state index is 0.0851. The van der Waals surface area contributed by atoms with Gasteiger partial charge in [0.15, 0.2) is 0 Å². The molecule has 3 rings (SSSR count). The van der Waals surface area contributed by atoms with E-state index >= 15 is 0 Å². The second-order valence-electron chi connectivity index (χ2n) is 8.10. The molecular weight excluding hydrogens is 378 g/mol. The highest BCUT2D eigenvalue weighted by molar-refractivity contribution is 7.89. The second kappa shape index (κ2) is 8.10. The Morgan fingerprint density at radius 3 is 2.36 bits per heavy atom. The zero-order valence-corrected chi connectivity index (χ0v) is 18.0. The number of carbonyl (C=O) groups excluding carboxylic acids is 1. The van der Waals surface area contributed by atoms with Crippen LogP contribution in [0.1, 0.15) is 32.3 Å². The van der Waals surface area contributed by atoms with Crippen LogP contribution in [0.15, 0.2) is 29.2 Å². The molecule has 1 amide bonds. The van der Waals surface area contributed by atoms with Crippen LogP contribution in [0.5, 0.6) is 0 Å². The van der Waals surface area contributed by atoms with E-state index < -0.39 is 15.7 Å². The fourth-order valence-corrected chi connectivity index (χ4v) is 5.58. The van der Waals surface area contributed by atoms with E-state index in [0.717, 1.165) is 5.56 Å². The van der Waals surface area contributed by atoms with Crippen LogP contribution in [-0.2, 0) is 19.6 Å². The molecule has 156 valence electrons. The highest BCUT2D eigenvalue weighted by Crippen LogP contribution is 2.35. The Kier molecular flexibility index (Phi) is 6.14. The van der Waals surface area contributed by atoms with Crippen molar-refractivity contribution in [3.05, 3.63) is 29.8 Å². The molecule has 1 spiro atoms. The molecule has 0 aliphatic carbocycles. The number of amides is 1. The third-order valence-electron chi connectivity index (χ3n) is 5.87. The zero-order valence-electron chi connectivity index (χ0n) is 17.1. The lowest BCUT2D eigenvalue weighted by atomic mass is 9.97. The average Bonchev–Trinajstić information content (AvgIpc) is 2.92. The SMILES string of the molecule is COCCN1C(=O)[C@H](C(C)C)NC12CCN(S(=O)(=O)c1ccc(C)cc1)CC2. The van der Waals surface area contributed by atoms with E-state index in [1.807, 2.05) is 37.8 Å². The van der Waals surface area contributed by atoms with Gasteiger partial charge in [0.25, 0.3) is 0 Å². The number of methoxy groups -OCH3 is 1. The van der Waals surface area contributed by atoms with E-state index in [2.05, 4.69) is 5.32 Å². The van der Waals surface area contributed by atoms with Crippen molar-refractivity contribution in [3.8, 4) is 0 Å². The van der Waals surface area contributed by atoms with E-state index in [1.54, 1.807) is 19.2 Å². The van der Waals surface area contributed by atoms with Crippen LogP contribution in [0.25, 0.3) is 0 Å². The Morgan fingerprint density at radius 1 is 1.21 bits per heavy atom. The Balaban J connectivity index is 1.78. The summed E-state index contributed by atoms with van der Waals surface area (Å²) in [7, 11) is -1.90. The topological polar surface area (TPSA) is 79.0 Å². The first-order chi connectivity index (χ1) is 13.2. The molecule has 0 unspecified atom stereocenters. The minimum Gasteiger partial charge on any atom is -0.383 e. The number of nitrogens with one attached hydrogen (secondary N) is 1. The van der Waals surface area contributed by atoms with Gasteiger partial charge in [-0.25, -0.2) is 8.42 Å². The summed E-state index contributed by atoms with van der Waals surface area (Å²) in [6, 6.07) is 6.71. The lowest BCUT2D eigenvalue weighted by Crippen LogP contribution is -2.60. The molecule has 1 aromatic carbocycles. The molecule has 2 saturated heterocycles. The van der Waals surface area contributed by atoms with Crippen LogP contribution in [-0.4, -0.2) is 68.6 Å². The lowest BCUT2D eigenvalue weighted by Gasteiger charge is -2.44. The van der Waals surface area contributed by atoms with Crippen LogP contribution >= 0.6 is 0 Å². The summed E-state index contributed by atoms with van der Waals surface area (Å²) in [6.07, 6.45) is 1.13. The van der Waals surface area contributed by atoms with E-state index in [0.29, 0.717) is 44.0 Å². The maximum atomic E-state index is 13.0. The van der Waals surface area contributed by atoms with Crippen molar-refractivity contribution in [2.24, 2.45) is 5.92 Å².